The third-order valence-electron chi connectivity index (χ3n) is 6.99. The second-order valence-corrected chi connectivity index (χ2v) is 13.4. The molecule has 1 N–H and O–H groups in total. The molecule has 1 atom stereocenters. The van der Waals surface area contributed by atoms with Gasteiger partial charge in [-0.15, -0.1) is 0 Å². The largest absolute Gasteiger partial charge is 0.352 e. The first-order valence-electron chi connectivity index (χ1n) is 14.2. The fourth-order valence-electron chi connectivity index (χ4n) is 4.82. The lowest BCUT2D eigenvalue weighted by atomic mass is 10.0. The monoisotopic (exact) mass is 651 g/mol. The van der Waals surface area contributed by atoms with Gasteiger partial charge >= 0.3 is 0 Å². The Morgan fingerprint density at radius 3 is 2.00 bits per heavy atom. The van der Waals surface area contributed by atoms with Crippen molar-refractivity contribution in [1.29, 1.82) is 0 Å². The number of nitrogens with zero attached hydrogens (tertiary/aromatic N) is 2. The number of carbonyl (C=O) groups excluding carboxylic acids is 2. The molecule has 0 saturated carbocycles. The molecule has 0 aliphatic carbocycles. The van der Waals surface area contributed by atoms with E-state index >= 15 is 0 Å². The van der Waals surface area contributed by atoms with E-state index < -0.39 is 28.5 Å². The molecule has 4 aromatic carbocycles. The highest BCUT2D eigenvalue weighted by molar-refractivity contribution is 7.92. The zero-order valence-corrected chi connectivity index (χ0v) is 27.1. The van der Waals surface area contributed by atoms with Crippen LogP contribution in [-0.4, -0.2) is 43.8 Å². The number of nitrogens with one attached hydrogen (secondary N) is 1. The third-order valence-corrected chi connectivity index (χ3v) is 9.49. The van der Waals surface area contributed by atoms with E-state index in [2.05, 4.69) is 5.32 Å². The molecule has 2 amide bonds. The fraction of sp³-hybridized carbons (Fsp3) is 0.235. The van der Waals surface area contributed by atoms with Crippen molar-refractivity contribution in [2.45, 2.75) is 50.7 Å². The van der Waals surface area contributed by atoms with E-state index in [1.54, 1.807) is 54.6 Å². The van der Waals surface area contributed by atoms with Gasteiger partial charge in [0.05, 0.1) is 10.6 Å². The molecular weight excluding hydrogens is 617 g/mol. The summed E-state index contributed by atoms with van der Waals surface area (Å²) in [6.07, 6.45) is 0.184. The number of carbonyl (C=O) groups is 2. The number of aryl methyl sites for hydroxylation is 1. The lowest BCUT2D eigenvalue weighted by Crippen LogP contribution is -2.54. The maximum absolute atomic E-state index is 14.5. The van der Waals surface area contributed by atoms with Crippen LogP contribution in [0.1, 0.15) is 30.5 Å². The van der Waals surface area contributed by atoms with Crippen LogP contribution in [0.4, 0.5) is 5.69 Å². The molecule has 0 fully saturated rings. The minimum absolute atomic E-state index is 0.0355. The fourth-order valence-corrected chi connectivity index (χ4v) is 6.76. The van der Waals surface area contributed by atoms with Crippen molar-refractivity contribution in [1.82, 2.24) is 10.2 Å². The van der Waals surface area contributed by atoms with Gasteiger partial charge in [-0.1, -0.05) is 89.9 Å². The Labute approximate surface area is 269 Å². The predicted octanol–water partition coefficient (Wildman–Crippen LogP) is 6.66. The summed E-state index contributed by atoms with van der Waals surface area (Å²) < 4.78 is 29.2. The Morgan fingerprint density at radius 2 is 1.41 bits per heavy atom. The Hall–Kier alpha value is -3.85. The number of rotatable bonds is 12. The molecule has 4 rings (SSSR count). The molecule has 0 aromatic heterocycles. The SMILES string of the molecule is Cc1cccc(N(CC(=O)N(Cc2c(Cl)cccc2Cl)C(Cc2ccccc2)C(=O)NC(C)C)S(=O)(=O)c2ccccc2)c1. The van der Waals surface area contributed by atoms with Gasteiger partial charge in [-0.2, -0.15) is 0 Å². The molecule has 1 unspecified atom stereocenters. The average molecular weight is 653 g/mol. The first-order chi connectivity index (χ1) is 21.0. The smallest absolute Gasteiger partial charge is 0.264 e. The molecular formula is C34H35Cl2N3O4S. The summed E-state index contributed by atoms with van der Waals surface area (Å²) in [7, 11) is -4.18. The van der Waals surface area contributed by atoms with Crippen molar-refractivity contribution in [3.63, 3.8) is 0 Å². The summed E-state index contributed by atoms with van der Waals surface area (Å²) in [5.74, 6) is -0.977. The summed E-state index contributed by atoms with van der Waals surface area (Å²) in [4.78, 5) is 29.7. The normalized spacial score (nSPS) is 12.0. The number of amides is 2. The maximum atomic E-state index is 14.5. The van der Waals surface area contributed by atoms with Gasteiger partial charge in [-0.3, -0.25) is 13.9 Å². The Balaban J connectivity index is 1.84. The van der Waals surface area contributed by atoms with Crippen LogP contribution in [0.5, 0.6) is 0 Å². The summed E-state index contributed by atoms with van der Waals surface area (Å²) >= 11 is 13.1. The van der Waals surface area contributed by atoms with Crippen LogP contribution in [0, 0.1) is 6.92 Å². The number of sulfonamides is 1. The number of benzene rings is 4. The van der Waals surface area contributed by atoms with Crippen LogP contribution in [0.15, 0.2) is 108 Å². The number of hydrogen-bond acceptors (Lipinski definition) is 4. The molecule has 0 aliphatic rings. The van der Waals surface area contributed by atoms with Crippen LogP contribution in [0.3, 0.4) is 0 Å². The van der Waals surface area contributed by atoms with Gasteiger partial charge in [-0.25, -0.2) is 8.42 Å². The quantitative estimate of drug-likeness (QED) is 0.186. The van der Waals surface area contributed by atoms with Crippen LogP contribution in [-0.2, 0) is 32.6 Å². The van der Waals surface area contributed by atoms with Gasteiger partial charge in [0.2, 0.25) is 11.8 Å². The van der Waals surface area contributed by atoms with E-state index in [-0.39, 0.29) is 29.8 Å². The number of halogens is 2. The molecule has 0 saturated heterocycles. The van der Waals surface area contributed by atoms with Crippen molar-refractivity contribution in [3.8, 4) is 0 Å². The molecule has 4 aromatic rings. The molecule has 7 nitrogen and oxygen atoms in total. The van der Waals surface area contributed by atoms with Gasteiger partial charge in [0.15, 0.2) is 0 Å². The van der Waals surface area contributed by atoms with Crippen LogP contribution in [0.25, 0.3) is 0 Å². The highest BCUT2D eigenvalue weighted by Gasteiger charge is 2.35. The summed E-state index contributed by atoms with van der Waals surface area (Å²) in [5.41, 5.74) is 2.42. The highest BCUT2D eigenvalue weighted by Crippen LogP contribution is 2.29. The summed E-state index contributed by atoms with van der Waals surface area (Å²) in [5, 5.41) is 3.58. The molecule has 230 valence electrons. The molecule has 0 aliphatic heterocycles. The van der Waals surface area contributed by atoms with Gasteiger partial charge < -0.3 is 10.2 Å². The first kappa shape index (κ1) is 33.1. The van der Waals surface area contributed by atoms with E-state index in [9.17, 15) is 18.0 Å². The summed E-state index contributed by atoms with van der Waals surface area (Å²) in [6.45, 7) is 4.83. The first-order valence-corrected chi connectivity index (χ1v) is 16.4. The average Bonchev–Trinajstić information content (AvgIpc) is 2.99. The topological polar surface area (TPSA) is 86.8 Å². The maximum Gasteiger partial charge on any atom is 0.264 e. The molecule has 10 heteroatoms. The molecule has 44 heavy (non-hydrogen) atoms. The van der Waals surface area contributed by atoms with Crippen LogP contribution >= 0.6 is 23.2 Å². The molecule has 0 radical (unpaired) electrons. The molecule has 0 bridgehead atoms. The van der Waals surface area contributed by atoms with Crippen molar-refractivity contribution < 1.29 is 18.0 Å². The van der Waals surface area contributed by atoms with E-state index in [0.29, 0.717) is 21.3 Å². The van der Waals surface area contributed by atoms with Gasteiger partial charge in [0, 0.05) is 34.6 Å². The van der Waals surface area contributed by atoms with Crippen molar-refractivity contribution in [2.75, 3.05) is 10.8 Å². The Bertz CT molecular complexity index is 1680. The van der Waals surface area contributed by atoms with E-state index in [4.69, 9.17) is 23.2 Å². The number of anilines is 1. The van der Waals surface area contributed by atoms with Gasteiger partial charge in [0.25, 0.3) is 10.0 Å². The minimum Gasteiger partial charge on any atom is -0.352 e. The second-order valence-electron chi connectivity index (χ2n) is 10.8. The molecule has 0 heterocycles. The zero-order chi connectivity index (χ0) is 31.9. The number of hydrogen-bond donors (Lipinski definition) is 1. The highest BCUT2D eigenvalue weighted by atomic mass is 35.5. The lowest BCUT2D eigenvalue weighted by molar-refractivity contribution is -0.140. The summed E-state index contributed by atoms with van der Waals surface area (Å²) in [6, 6.07) is 28.0. The zero-order valence-electron chi connectivity index (χ0n) is 24.8. The minimum atomic E-state index is -4.18. The lowest BCUT2D eigenvalue weighted by Gasteiger charge is -2.34. The predicted molar refractivity (Wildman–Crippen MR) is 176 cm³/mol. The Kier molecular flexibility index (Phi) is 11.1. The van der Waals surface area contributed by atoms with Gasteiger partial charge in [-0.05, 0) is 68.3 Å². The van der Waals surface area contributed by atoms with Crippen LogP contribution < -0.4 is 9.62 Å². The Morgan fingerprint density at radius 1 is 0.818 bits per heavy atom. The van der Waals surface area contributed by atoms with Crippen molar-refractivity contribution >= 4 is 50.7 Å². The third kappa shape index (κ3) is 8.20. The van der Waals surface area contributed by atoms with E-state index in [1.165, 1.54) is 17.0 Å². The van der Waals surface area contributed by atoms with Gasteiger partial charge in [0.1, 0.15) is 12.6 Å². The second kappa shape index (κ2) is 14.8. The standard InChI is InChI=1S/C34H35Cl2N3O4S/c1-24(2)37-34(41)32(21-26-13-6-4-7-14-26)38(22-29-30(35)18-11-19-31(29)36)33(40)23-39(27-15-10-12-25(3)20-27)44(42,43)28-16-8-5-9-17-28/h4-20,24,32H,21-23H2,1-3H3,(H,37,41). The molecule has 0 spiro atoms. The van der Waals surface area contributed by atoms with E-state index in [1.807, 2.05) is 57.2 Å². The van der Waals surface area contributed by atoms with Crippen molar-refractivity contribution in [2.24, 2.45) is 0 Å². The van der Waals surface area contributed by atoms with E-state index in [0.717, 1.165) is 15.4 Å². The van der Waals surface area contributed by atoms with Crippen LogP contribution in [0.2, 0.25) is 10.0 Å². The van der Waals surface area contributed by atoms with Crippen molar-refractivity contribution in [3.05, 3.63) is 130 Å².